The van der Waals surface area contributed by atoms with Crippen molar-refractivity contribution in [3.05, 3.63) is 77.1 Å². The number of nitrogens with one attached hydrogen (secondary N) is 1. The van der Waals surface area contributed by atoms with Crippen molar-refractivity contribution < 1.29 is 19.1 Å². The predicted molar refractivity (Wildman–Crippen MR) is 118 cm³/mol. The highest BCUT2D eigenvalue weighted by Gasteiger charge is 2.25. The monoisotopic (exact) mass is 419 g/mol. The van der Waals surface area contributed by atoms with Gasteiger partial charge in [-0.15, -0.1) is 0 Å². The number of esters is 1. The van der Waals surface area contributed by atoms with Gasteiger partial charge in [0.25, 0.3) is 11.7 Å². The molecule has 1 amide bonds. The molecule has 0 bridgehead atoms. The number of nitrogens with zero attached hydrogens (tertiary/aromatic N) is 2. The maximum absolute atomic E-state index is 12.8. The highest BCUT2D eigenvalue weighted by atomic mass is 16.5. The number of hydrogen-bond acceptors (Lipinski definition) is 5. The van der Waals surface area contributed by atoms with E-state index in [0.717, 1.165) is 18.5 Å². The van der Waals surface area contributed by atoms with Crippen molar-refractivity contribution in [3.8, 4) is 5.69 Å². The van der Waals surface area contributed by atoms with Gasteiger partial charge in [0.15, 0.2) is 0 Å². The lowest BCUT2D eigenvalue weighted by Crippen LogP contribution is -2.24. The summed E-state index contributed by atoms with van der Waals surface area (Å²) in [5.74, 6) is -1.85. The second kappa shape index (κ2) is 9.84. The fraction of sp³-hybridized carbons (Fsp3) is 0.250. The Morgan fingerprint density at radius 3 is 2.32 bits per heavy atom. The molecule has 0 aliphatic heterocycles. The molecule has 0 fully saturated rings. The Hall–Kier alpha value is -3.74. The van der Waals surface area contributed by atoms with Gasteiger partial charge in [0.2, 0.25) is 0 Å². The SMILES string of the molecule is CCCCOC(=O)c1ccc(NC(=O)C(=O)c2c(C)nn(-c3ccccc3)c2C)cc1. The summed E-state index contributed by atoms with van der Waals surface area (Å²) in [6.07, 6.45) is 1.75. The normalized spacial score (nSPS) is 10.5. The van der Waals surface area contributed by atoms with Crippen molar-refractivity contribution in [2.24, 2.45) is 0 Å². The first-order chi connectivity index (χ1) is 14.9. The maximum atomic E-state index is 12.8. The third-order valence-corrected chi connectivity index (χ3v) is 4.83. The highest BCUT2D eigenvalue weighted by molar-refractivity contribution is 6.47. The number of Topliss-reactive ketones (excluding diaryl/α,β-unsaturated/α-hetero) is 1. The predicted octanol–water partition coefficient (Wildman–Crippen LogP) is 4.27. The quantitative estimate of drug-likeness (QED) is 0.255. The summed E-state index contributed by atoms with van der Waals surface area (Å²) in [4.78, 5) is 37.4. The van der Waals surface area contributed by atoms with Gasteiger partial charge in [-0.2, -0.15) is 5.10 Å². The lowest BCUT2D eigenvalue weighted by Gasteiger charge is -2.07. The van der Waals surface area contributed by atoms with E-state index in [0.29, 0.717) is 29.2 Å². The Balaban J connectivity index is 1.71. The smallest absolute Gasteiger partial charge is 0.338 e. The number of ketones is 1. The van der Waals surface area contributed by atoms with Crippen LogP contribution in [0.3, 0.4) is 0 Å². The van der Waals surface area contributed by atoms with E-state index in [4.69, 9.17) is 4.74 Å². The zero-order chi connectivity index (χ0) is 22.4. The van der Waals surface area contributed by atoms with Gasteiger partial charge >= 0.3 is 5.97 Å². The number of aromatic nitrogens is 2. The van der Waals surface area contributed by atoms with Crippen molar-refractivity contribution >= 4 is 23.3 Å². The van der Waals surface area contributed by atoms with Crippen LogP contribution in [-0.2, 0) is 9.53 Å². The number of para-hydroxylation sites is 1. The van der Waals surface area contributed by atoms with Gasteiger partial charge in [-0.25, -0.2) is 9.48 Å². The largest absolute Gasteiger partial charge is 0.462 e. The topological polar surface area (TPSA) is 90.3 Å². The molecule has 2 aromatic carbocycles. The first kappa shape index (κ1) is 22.0. The van der Waals surface area contributed by atoms with Crippen LogP contribution in [0.25, 0.3) is 5.69 Å². The summed E-state index contributed by atoms with van der Waals surface area (Å²) < 4.78 is 6.81. The summed E-state index contributed by atoms with van der Waals surface area (Å²) in [6.45, 7) is 5.85. The maximum Gasteiger partial charge on any atom is 0.338 e. The molecule has 0 aliphatic rings. The van der Waals surface area contributed by atoms with E-state index in [1.165, 1.54) is 0 Å². The zero-order valence-corrected chi connectivity index (χ0v) is 17.8. The van der Waals surface area contributed by atoms with Crippen LogP contribution in [-0.4, -0.2) is 34.0 Å². The molecule has 0 spiro atoms. The number of carbonyl (C=O) groups excluding carboxylic acids is 3. The van der Waals surface area contributed by atoms with E-state index in [9.17, 15) is 14.4 Å². The Morgan fingerprint density at radius 2 is 1.68 bits per heavy atom. The van der Waals surface area contributed by atoms with E-state index in [-0.39, 0.29) is 5.56 Å². The summed E-state index contributed by atoms with van der Waals surface area (Å²) >= 11 is 0. The van der Waals surface area contributed by atoms with Crippen molar-refractivity contribution in [2.75, 3.05) is 11.9 Å². The van der Waals surface area contributed by atoms with E-state index in [1.54, 1.807) is 42.8 Å². The van der Waals surface area contributed by atoms with Gasteiger partial charge in [0, 0.05) is 5.69 Å². The van der Waals surface area contributed by atoms with Crippen LogP contribution >= 0.6 is 0 Å². The summed E-state index contributed by atoms with van der Waals surface area (Å²) in [6, 6.07) is 15.6. The van der Waals surface area contributed by atoms with Crippen molar-refractivity contribution in [2.45, 2.75) is 33.6 Å². The molecule has 0 radical (unpaired) electrons. The third kappa shape index (κ3) is 5.06. The molecule has 31 heavy (non-hydrogen) atoms. The summed E-state index contributed by atoms with van der Waals surface area (Å²) in [5, 5.41) is 7.00. The number of unbranched alkanes of at least 4 members (excludes halogenated alkanes) is 1. The summed E-state index contributed by atoms with van der Waals surface area (Å²) in [5.41, 5.74) is 2.95. The second-order valence-electron chi connectivity index (χ2n) is 7.14. The van der Waals surface area contributed by atoms with Crippen LogP contribution in [0.2, 0.25) is 0 Å². The van der Waals surface area contributed by atoms with Crippen molar-refractivity contribution in [1.82, 2.24) is 9.78 Å². The molecule has 3 rings (SSSR count). The summed E-state index contributed by atoms with van der Waals surface area (Å²) in [7, 11) is 0. The van der Waals surface area contributed by atoms with Crippen LogP contribution in [0.5, 0.6) is 0 Å². The molecule has 0 saturated carbocycles. The Kier molecular flexibility index (Phi) is 6.97. The highest BCUT2D eigenvalue weighted by Crippen LogP contribution is 2.19. The molecule has 0 saturated heterocycles. The van der Waals surface area contributed by atoms with Gasteiger partial charge < -0.3 is 10.1 Å². The number of rotatable bonds is 8. The molecule has 1 aromatic heterocycles. The first-order valence-corrected chi connectivity index (χ1v) is 10.2. The second-order valence-corrected chi connectivity index (χ2v) is 7.14. The van der Waals surface area contributed by atoms with Crippen LogP contribution in [0.1, 0.15) is 51.9 Å². The molecule has 3 aromatic rings. The Bertz CT molecular complexity index is 1090. The van der Waals surface area contributed by atoms with Crippen LogP contribution in [0.4, 0.5) is 5.69 Å². The van der Waals surface area contributed by atoms with E-state index < -0.39 is 17.7 Å². The van der Waals surface area contributed by atoms with Crippen LogP contribution < -0.4 is 5.32 Å². The number of anilines is 1. The lowest BCUT2D eigenvalue weighted by atomic mass is 10.1. The van der Waals surface area contributed by atoms with E-state index >= 15 is 0 Å². The average Bonchev–Trinajstić information content (AvgIpc) is 3.08. The molecule has 0 atom stereocenters. The minimum absolute atomic E-state index is 0.275. The number of ether oxygens (including phenoxy) is 1. The Labute approximate surface area is 181 Å². The number of amides is 1. The fourth-order valence-electron chi connectivity index (χ4n) is 3.18. The molecule has 0 unspecified atom stereocenters. The van der Waals surface area contributed by atoms with Crippen LogP contribution in [0, 0.1) is 13.8 Å². The minimum atomic E-state index is -0.767. The van der Waals surface area contributed by atoms with Gasteiger partial charge in [-0.3, -0.25) is 9.59 Å². The molecule has 1 heterocycles. The standard InChI is InChI=1S/C24H25N3O4/c1-4-5-15-31-24(30)18-11-13-19(14-12-18)25-23(29)22(28)21-16(2)26-27(17(21)3)20-9-7-6-8-10-20/h6-14H,4-5,15H2,1-3H3,(H,25,29). The average molecular weight is 419 g/mol. The van der Waals surface area contributed by atoms with Gasteiger partial charge in [-0.05, 0) is 56.7 Å². The first-order valence-electron chi connectivity index (χ1n) is 10.2. The van der Waals surface area contributed by atoms with Gasteiger partial charge in [-0.1, -0.05) is 31.5 Å². The zero-order valence-electron chi connectivity index (χ0n) is 17.8. The molecule has 160 valence electrons. The molecule has 0 aliphatic carbocycles. The lowest BCUT2D eigenvalue weighted by molar-refractivity contribution is -0.112. The number of aryl methyl sites for hydroxylation is 1. The van der Waals surface area contributed by atoms with Gasteiger partial charge in [0.05, 0.1) is 34.8 Å². The molecule has 7 heteroatoms. The Morgan fingerprint density at radius 1 is 1.00 bits per heavy atom. The molecular formula is C24H25N3O4. The van der Waals surface area contributed by atoms with Crippen molar-refractivity contribution in [3.63, 3.8) is 0 Å². The minimum Gasteiger partial charge on any atom is -0.462 e. The van der Waals surface area contributed by atoms with E-state index in [2.05, 4.69) is 10.4 Å². The van der Waals surface area contributed by atoms with Gasteiger partial charge in [0.1, 0.15) is 0 Å². The van der Waals surface area contributed by atoms with E-state index in [1.807, 2.05) is 37.3 Å². The number of benzene rings is 2. The molecular weight excluding hydrogens is 394 g/mol. The number of carbonyl (C=O) groups is 3. The molecule has 7 nitrogen and oxygen atoms in total. The number of hydrogen-bond donors (Lipinski definition) is 1. The third-order valence-electron chi connectivity index (χ3n) is 4.83. The van der Waals surface area contributed by atoms with Crippen molar-refractivity contribution in [1.29, 1.82) is 0 Å². The fourth-order valence-corrected chi connectivity index (χ4v) is 3.18. The van der Waals surface area contributed by atoms with Crippen LogP contribution in [0.15, 0.2) is 54.6 Å². The molecule has 1 N–H and O–H groups in total.